The van der Waals surface area contributed by atoms with Crippen molar-refractivity contribution in [3.05, 3.63) is 0 Å². The molecule has 0 spiro atoms. The first kappa shape index (κ1) is 11.5. The van der Waals surface area contributed by atoms with E-state index in [1.807, 2.05) is 0 Å². The van der Waals surface area contributed by atoms with Gasteiger partial charge < -0.3 is 10.4 Å². The molecule has 0 aromatic heterocycles. The van der Waals surface area contributed by atoms with Crippen LogP contribution in [0.5, 0.6) is 0 Å². The van der Waals surface area contributed by atoms with Crippen LogP contribution in [0.1, 0.15) is 39.0 Å². The molecular formula is C11H20N2O. The van der Waals surface area contributed by atoms with E-state index in [1.54, 1.807) is 0 Å². The monoisotopic (exact) mass is 196 g/mol. The lowest BCUT2D eigenvalue weighted by Crippen LogP contribution is -2.34. The summed E-state index contributed by atoms with van der Waals surface area (Å²) < 4.78 is 0. The Morgan fingerprint density at radius 3 is 2.71 bits per heavy atom. The van der Waals surface area contributed by atoms with Crippen molar-refractivity contribution in [3.63, 3.8) is 0 Å². The standard InChI is InChI=1S/C11H20N2O/c1-2-10(3-8-14)13-9-11(4-5-11)6-7-12/h10,13-14H,2-6,8-9H2,1H3. The van der Waals surface area contributed by atoms with Gasteiger partial charge >= 0.3 is 0 Å². The molecule has 0 radical (unpaired) electrons. The van der Waals surface area contributed by atoms with Crippen molar-refractivity contribution in [2.75, 3.05) is 13.2 Å². The lowest BCUT2D eigenvalue weighted by atomic mass is 10.0. The fourth-order valence-corrected chi connectivity index (χ4v) is 1.73. The number of rotatable bonds is 7. The molecule has 3 heteroatoms. The SMILES string of the molecule is CCC(CCO)NCC1(CC#N)CC1. The topological polar surface area (TPSA) is 56.0 Å². The molecule has 1 atom stereocenters. The van der Waals surface area contributed by atoms with Crippen LogP contribution in [0.25, 0.3) is 0 Å². The summed E-state index contributed by atoms with van der Waals surface area (Å²) in [7, 11) is 0. The van der Waals surface area contributed by atoms with E-state index < -0.39 is 0 Å². The number of nitrogens with one attached hydrogen (secondary N) is 1. The van der Waals surface area contributed by atoms with Gasteiger partial charge in [0, 0.05) is 25.6 Å². The Kier molecular flexibility index (Phi) is 4.37. The first-order valence-electron chi connectivity index (χ1n) is 5.47. The Hall–Kier alpha value is -0.590. The molecule has 0 bridgehead atoms. The third-order valence-electron chi connectivity index (χ3n) is 3.15. The van der Waals surface area contributed by atoms with Crippen LogP contribution < -0.4 is 5.32 Å². The highest BCUT2D eigenvalue weighted by Crippen LogP contribution is 2.47. The molecule has 1 saturated carbocycles. The summed E-state index contributed by atoms with van der Waals surface area (Å²) in [6.45, 7) is 3.31. The van der Waals surface area contributed by atoms with E-state index in [4.69, 9.17) is 10.4 Å². The van der Waals surface area contributed by atoms with Gasteiger partial charge in [0.15, 0.2) is 0 Å². The second-order valence-electron chi connectivity index (χ2n) is 4.33. The third-order valence-corrected chi connectivity index (χ3v) is 3.15. The van der Waals surface area contributed by atoms with E-state index in [0.717, 1.165) is 19.4 Å². The molecular weight excluding hydrogens is 176 g/mol. The number of nitrogens with zero attached hydrogens (tertiary/aromatic N) is 1. The van der Waals surface area contributed by atoms with Crippen LogP contribution in [-0.4, -0.2) is 24.3 Å². The van der Waals surface area contributed by atoms with Gasteiger partial charge in [-0.25, -0.2) is 0 Å². The van der Waals surface area contributed by atoms with Crippen LogP contribution in [0.15, 0.2) is 0 Å². The highest BCUT2D eigenvalue weighted by molar-refractivity contribution is 5.01. The smallest absolute Gasteiger partial charge is 0.0628 e. The fourth-order valence-electron chi connectivity index (χ4n) is 1.73. The van der Waals surface area contributed by atoms with Gasteiger partial charge in [-0.15, -0.1) is 0 Å². The summed E-state index contributed by atoms with van der Waals surface area (Å²) in [6, 6.07) is 2.67. The average molecular weight is 196 g/mol. The molecule has 0 aromatic carbocycles. The largest absolute Gasteiger partial charge is 0.396 e. The molecule has 3 nitrogen and oxygen atoms in total. The summed E-state index contributed by atoms with van der Waals surface area (Å²) in [5, 5.41) is 20.9. The van der Waals surface area contributed by atoms with Gasteiger partial charge in [-0.2, -0.15) is 5.26 Å². The molecule has 1 fully saturated rings. The lowest BCUT2D eigenvalue weighted by Gasteiger charge is -2.19. The van der Waals surface area contributed by atoms with Gasteiger partial charge in [-0.3, -0.25) is 0 Å². The zero-order valence-electron chi connectivity index (χ0n) is 8.92. The van der Waals surface area contributed by atoms with Gasteiger partial charge in [0.2, 0.25) is 0 Å². The highest BCUT2D eigenvalue weighted by atomic mass is 16.3. The summed E-state index contributed by atoms with van der Waals surface area (Å²) >= 11 is 0. The quantitative estimate of drug-likeness (QED) is 0.647. The van der Waals surface area contributed by atoms with Crippen molar-refractivity contribution in [1.82, 2.24) is 5.32 Å². The Labute approximate surface area is 86.1 Å². The Balaban J connectivity index is 2.21. The number of hydrogen-bond donors (Lipinski definition) is 2. The molecule has 1 rings (SSSR count). The molecule has 80 valence electrons. The van der Waals surface area contributed by atoms with E-state index in [9.17, 15) is 0 Å². The minimum atomic E-state index is 0.247. The average Bonchev–Trinajstić information content (AvgIpc) is 2.94. The number of aliphatic hydroxyl groups is 1. The van der Waals surface area contributed by atoms with Crippen LogP contribution in [0.2, 0.25) is 0 Å². The fraction of sp³-hybridized carbons (Fsp3) is 0.909. The zero-order chi connectivity index (χ0) is 10.4. The maximum Gasteiger partial charge on any atom is 0.0628 e. The molecule has 14 heavy (non-hydrogen) atoms. The maximum absolute atomic E-state index is 8.82. The summed E-state index contributed by atoms with van der Waals surface area (Å²) in [5.74, 6) is 0. The number of aliphatic hydroxyl groups excluding tert-OH is 1. The van der Waals surface area contributed by atoms with Crippen LogP contribution in [0.3, 0.4) is 0 Å². The van der Waals surface area contributed by atoms with Gasteiger partial charge in [-0.05, 0) is 31.1 Å². The zero-order valence-corrected chi connectivity index (χ0v) is 8.92. The molecule has 0 aliphatic heterocycles. The van der Waals surface area contributed by atoms with Crippen molar-refractivity contribution in [3.8, 4) is 6.07 Å². The van der Waals surface area contributed by atoms with Crippen molar-refractivity contribution in [2.24, 2.45) is 5.41 Å². The Morgan fingerprint density at radius 2 is 2.29 bits per heavy atom. The number of hydrogen-bond acceptors (Lipinski definition) is 3. The van der Waals surface area contributed by atoms with Crippen LogP contribution in [0.4, 0.5) is 0 Å². The highest BCUT2D eigenvalue weighted by Gasteiger charge is 2.42. The first-order chi connectivity index (χ1) is 6.76. The lowest BCUT2D eigenvalue weighted by molar-refractivity contribution is 0.257. The third kappa shape index (κ3) is 3.28. The molecule has 2 N–H and O–H groups in total. The van der Waals surface area contributed by atoms with E-state index >= 15 is 0 Å². The second kappa shape index (κ2) is 5.33. The van der Waals surface area contributed by atoms with Gasteiger partial charge in [-0.1, -0.05) is 6.92 Å². The first-order valence-corrected chi connectivity index (χ1v) is 5.47. The molecule has 0 aromatic rings. The molecule has 0 heterocycles. The van der Waals surface area contributed by atoms with Gasteiger partial charge in [0.1, 0.15) is 0 Å². The minimum absolute atomic E-state index is 0.247. The van der Waals surface area contributed by atoms with Crippen molar-refractivity contribution in [1.29, 1.82) is 5.26 Å². The molecule has 1 aliphatic rings. The normalized spacial score (nSPS) is 20.1. The van der Waals surface area contributed by atoms with E-state index in [1.165, 1.54) is 12.8 Å². The predicted molar refractivity (Wildman–Crippen MR) is 55.7 cm³/mol. The van der Waals surface area contributed by atoms with E-state index in [0.29, 0.717) is 12.5 Å². The van der Waals surface area contributed by atoms with Crippen LogP contribution >= 0.6 is 0 Å². The molecule has 1 unspecified atom stereocenters. The van der Waals surface area contributed by atoms with E-state index in [2.05, 4.69) is 18.3 Å². The maximum atomic E-state index is 8.82. The van der Waals surface area contributed by atoms with Crippen molar-refractivity contribution < 1.29 is 5.11 Å². The van der Waals surface area contributed by atoms with Gasteiger partial charge in [0.25, 0.3) is 0 Å². The second-order valence-corrected chi connectivity index (χ2v) is 4.33. The molecule has 1 aliphatic carbocycles. The van der Waals surface area contributed by atoms with Crippen molar-refractivity contribution in [2.45, 2.75) is 45.1 Å². The predicted octanol–water partition coefficient (Wildman–Crippen LogP) is 1.43. The van der Waals surface area contributed by atoms with Crippen molar-refractivity contribution >= 4 is 0 Å². The molecule has 0 amide bonds. The Bertz CT molecular complexity index is 206. The van der Waals surface area contributed by atoms with E-state index in [-0.39, 0.29) is 12.0 Å². The summed E-state index contributed by atoms with van der Waals surface area (Å²) in [6.07, 6.45) is 4.91. The minimum Gasteiger partial charge on any atom is -0.396 e. The number of nitriles is 1. The summed E-state index contributed by atoms with van der Waals surface area (Å²) in [5.41, 5.74) is 0.275. The molecule has 0 saturated heterocycles. The van der Waals surface area contributed by atoms with Gasteiger partial charge in [0.05, 0.1) is 6.07 Å². The Morgan fingerprint density at radius 1 is 1.57 bits per heavy atom. The summed E-state index contributed by atoms with van der Waals surface area (Å²) in [4.78, 5) is 0. The van der Waals surface area contributed by atoms with Crippen LogP contribution in [-0.2, 0) is 0 Å². The van der Waals surface area contributed by atoms with Crippen LogP contribution in [0, 0.1) is 16.7 Å².